The van der Waals surface area contributed by atoms with E-state index in [2.05, 4.69) is 37.4 Å². The van der Waals surface area contributed by atoms with Crippen molar-refractivity contribution >= 4 is 17.5 Å². The van der Waals surface area contributed by atoms with Gasteiger partial charge in [-0.2, -0.15) is 0 Å². The average Bonchev–Trinajstić information content (AvgIpc) is 2.54. The Morgan fingerprint density at radius 1 is 1.21 bits per heavy atom. The summed E-state index contributed by atoms with van der Waals surface area (Å²) in [4.78, 5) is 12.6. The smallest absolute Gasteiger partial charge is 0.261 e. The van der Waals surface area contributed by atoms with E-state index in [4.69, 9.17) is 16.3 Å². The Morgan fingerprint density at radius 3 is 2.62 bits per heavy atom. The fraction of sp³-hybridized carbons (Fsp3) is 0.350. The molecule has 0 saturated heterocycles. The van der Waals surface area contributed by atoms with Gasteiger partial charge in [0.2, 0.25) is 0 Å². The van der Waals surface area contributed by atoms with Crippen LogP contribution in [0.3, 0.4) is 0 Å². The summed E-state index contributed by atoms with van der Waals surface area (Å²) >= 11 is 5.97. The van der Waals surface area contributed by atoms with E-state index in [0.29, 0.717) is 17.2 Å². The minimum Gasteiger partial charge on any atom is -0.481 e. The Hall–Kier alpha value is -2.00. The number of hydrogen-bond donors (Lipinski definition) is 1. The monoisotopic (exact) mass is 345 g/mol. The van der Waals surface area contributed by atoms with Crippen molar-refractivity contribution in [2.24, 2.45) is 0 Å². The molecule has 0 radical (unpaired) electrons. The molecule has 0 aliphatic heterocycles. The predicted molar refractivity (Wildman–Crippen MR) is 98.6 cm³/mol. The number of hydrogen-bond acceptors (Lipinski definition) is 2. The van der Waals surface area contributed by atoms with Crippen LogP contribution in [0.1, 0.15) is 43.0 Å². The number of carbonyl (C=O) groups is 1. The van der Waals surface area contributed by atoms with Crippen LogP contribution in [-0.2, 0) is 4.79 Å². The Bertz CT molecular complexity index is 715. The molecule has 128 valence electrons. The molecule has 4 heteroatoms. The summed E-state index contributed by atoms with van der Waals surface area (Å²) in [6, 6.07) is 13.3. The normalized spacial score (nSPS) is 13.2. The first-order chi connectivity index (χ1) is 11.4. The largest absolute Gasteiger partial charge is 0.481 e. The van der Waals surface area contributed by atoms with Crippen molar-refractivity contribution < 1.29 is 9.53 Å². The second kappa shape index (κ2) is 8.20. The molecule has 1 amide bonds. The molecule has 0 aromatic heterocycles. The van der Waals surface area contributed by atoms with Gasteiger partial charge in [-0.3, -0.25) is 4.79 Å². The summed E-state index contributed by atoms with van der Waals surface area (Å²) in [5.74, 6) is 0.481. The highest BCUT2D eigenvalue weighted by molar-refractivity contribution is 6.30. The predicted octanol–water partition coefficient (Wildman–Crippen LogP) is 4.99. The van der Waals surface area contributed by atoms with Crippen LogP contribution in [0.5, 0.6) is 5.75 Å². The van der Waals surface area contributed by atoms with Crippen LogP contribution in [0.25, 0.3) is 0 Å². The van der Waals surface area contributed by atoms with Crippen LogP contribution in [0.4, 0.5) is 0 Å². The topological polar surface area (TPSA) is 38.3 Å². The summed E-state index contributed by atoms with van der Waals surface area (Å²) in [5.41, 5.74) is 3.47. The van der Waals surface area contributed by atoms with Gasteiger partial charge in [0.15, 0.2) is 6.10 Å². The van der Waals surface area contributed by atoms with Gasteiger partial charge in [-0.25, -0.2) is 0 Å². The first kappa shape index (κ1) is 18.3. The highest BCUT2D eigenvalue weighted by Crippen LogP contribution is 2.21. The third kappa shape index (κ3) is 4.75. The number of halogens is 1. The summed E-state index contributed by atoms with van der Waals surface area (Å²) in [6.45, 7) is 8.02. The lowest BCUT2D eigenvalue weighted by molar-refractivity contribution is -0.128. The maximum Gasteiger partial charge on any atom is 0.261 e. The van der Waals surface area contributed by atoms with Gasteiger partial charge in [-0.05, 0) is 56.5 Å². The molecule has 2 rings (SSSR count). The van der Waals surface area contributed by atoms with E-state index in [1.165, 1.54) is 5.56 Å². The molecule has 3 nitrogen and oxygen atoms in total. The van der Waals surface area contributed by atoms with Gasteiger partial charge in [-0.1, -0.05) is 48.4 Å². The molecule has 1 N–H and O–H groups in total. The molecule has 2 atom stereocenters. The van der Waals surface area contributed by atoms with Crippen molar-refractivity contribution in [1.82, 2.24) is 5.32 Å². The van der Waals surface area contributed by atoms with E-state index in [0.717, 1.165) is 11.1 Å². The van der Waals surface area contributed by atoms with Crippen molar-refractivity contribution in [3.05, 3.63) is 64.2 Å². The Morgan fingerprint density at radius 2 is 1.96 bits per heavy atom. The standard InChI is InChI=1S/C20H24ClNO2/c1-5-19(24-17-8-6-7-16(21)12-17)20(23)22-15(4)18-11-13(2)9-10-14(18)3/h6-12,15,19H,5H2,1-4H3,(H,22,23). The Balaban J connectivity index is 2.07. The van der Waals surface area contributed by atoms with E-state index in [-0.39, 0.29) is 11.9 Å². The van der Waals surface area contributed by atoms with E-state index in [1.54, 1.807) is 24.3 Å². The van der Waals surface area contributed by atoms with Crippen LogP contribution in [0, 0.1) is 13.8 Å². The maximum absolute atomic E-state index is 12.6. The van der Waals surface area contributed by atoms with Crippen LogP contribution in [0.2, 0.25) is 5.02 Å². The lowest BCUT2D eigenvalue weighted by Crippen LogP contribution is -2.39. The molecule has 0 spiro atoms. The molecule has 0 aliphatic carbocycles. The van der Waals surface area contributed by atoms with Gasteiger partial charge >= 0.3 is 0 Å². The van der Waals surface area contributed by atoms with Crippen molar-refractivity contribution in [3.63, 3.8) is 0 Å². The molecule has 0 heterocycles. The zero-order valence-electron chi connectivity index (χ0n) is 14.6. The molecular weight excluding hydrogens is 322 g/mol. The van der Waals surface area contributed by atoms with Crippen LogP contribution >= 0.6 is 11.6 Å². The van der Waals surface area contributed by atoms with Gasteiger partial charge in [0.1, 0.15) is 5.75 Å². The molecule has 0 saturated carbocycles. The van der Waals surface area contributed by atoms with Gasteiger partial charge in [0.25, 0.3) is 5.91 Å². The number of aryl methyl sites for hydroxylation is 2. The van der Waals surface area contributed by atoms with E-state index in [9.17, 15) is 4.79 Å². The number of benzene rings is 2. The first-order valence-electron chi connectivity index (χ1n) is 8.20. The average molecular weight is 346 g/mol. The molecule has 2 aromatic carbocycles. The Kier molecular flexibility index (Phi) is 6.27. The lowest BCUT2D eigenvalue weighted by atomic mass is 10.00. The Labute approximate surface area is 149 Å². The summed E-state index contributed by atoms with van der Waals surface area (Å²) in [6.07, 6.45) is 0.0359. The molecule has 0 fully saturated rings. The van der Waals surface area contributed by atoms with Crippen LogP contribution in [-0.4, -0.2) is 12.0 Å². The third-order valence-electron chi connectivity index (χ3n) is 4.00. The third-order valence-corrected chi connectivity index (χ3v) is 4.23. The molecule has 0 aliphatic rings. The number of amides is 1. The van der Waals surface area contributed by atoms with E-state index < -0.39 is 6.10 Å². The van der Waals surface area contributed by atoms with E-state index >= 15 is 0 Å². The van der Waals surface area contributed by atoms with Crippen molar-refractivity contribution in [2.45, 2.75) is 46.3 Å². The summed E-state index contributed by atoms with van der Waals surface area (Å²) < 4.78 is 5.80. The van der Waals surface area contributed by atoms with Crippen LogP contribution in [0.15, 0.2) is 42.5 Å². The molecule has 2 unspecified atom stereocenters. The number of rotatable bonds is 6. The fourth-order valence-electron chi connectivity index (χ4n) is 2.64. The second-order valence-electron chi connectivity index (χ2n) is 6.06. The van der Waals surface area contributed by atoms with Gasteiger partial charge in [0.05, 0.1) is 6.04 Å². The van der Waals surface area contributed by atoms with Crippen molar-refractivity contribution in [2.75, 3.05) is 0 Å². The maximum atomic E-state index is 12.6. The highest BCUT2D eigenvalue weighted by Gasteiger charge is 2.21. The van der Waals surface area contributed by atoms with Crippen LogP contribution < -0.4 is 10.1 Å². The minimum absolute atomic E-state index is 0.0746. The molecule has 2 aromatic rings. The molecule has 0 bridgehead atoms. The minimum atomic E-state index is -0.545. The summed E-state index contributed by atoms with van der Waals surface area (Å²) in [7, 11) is 0. The number of ether oxygens (including phenoxy) is 1. The van der Waals surface area contributed by atoms with Gasteiger partial charge < -0.3 is 10.1 Å². The van der Waals surface area contributed by atoms with Crippen molar-refractivity contribution in [1.29, 1.82) is 0 Å². The SMILES string of the molecule is CCC(Oc1cccc(Cl)c1)C(=O)NC(C)c1cc(C)ccc1C. The zero-order chi connectivity index (χ0) is 17.7. The zero-order valence-corrected chi connectivity index (χ0v) is 15.4. The fourth-order valence-corrected chi connectivity index (χ4v) is 2.82. The van der Waals surface area contributed by atoms with Gasteiger partial charge in [0, 0.05) is 5.02 Å². The quantitative estimate of drug-likeness (QED) is 0.800. The molecular formula is C20H24ClNO2. The number of carbonyl (C=O) groups excluding carboxylic acids is 1. The number of nitrogens with one attached hydrogen (secondary N) is 1. The molecule has 24 heavy (non-hydrogen) atoms. The first-order valence-corrected chi connectivity index (χ1v) is 8.58. The van der Waals surface area contributed by atoms with Crippen molar-refractivity contribution in [3.8, 4) is 5.75 Å². The van der Waals surface area contributed by atoms with Gasteiger partial charge in [-0.15, -0.1) is 0 Å². The highest BCUT2D eigenvalue weighted by atomic mass is 35.5. The lowest BCUT2D eigenvalue weighted by Gasteiger charge is -2.22. The van der Waals surface area contributed by atoms with E-state index in [1.807, 2.05) is 13.8 Å². The summed E-state index contributed by atoms with van der Waals surface area (Å²) in [5, 5.41) is 3.64. The second-order valence-corrected chi connectivity index (χ2v) is 6.50.